The molecule has 8 heteroatoms. The third-order valence-corrected chi connectivity index (χ3v) is 2.14. The van der Waals surface area contributed by atoms with Gasteiger partial charge in [-0.15, -0.1) is 0 Å². The highest BCUT2D eigenvalue weighted by Crippen LogP contribution is 2.47. The molecule has 3 nitrogen and oxygen atoms in total. The molecule has 62 valence electrons. The van der Waals surface area contributed by atoms with Gasteiger partial charge in [-0.05, 0) is 11.8 Å². The zero-order chi connectivity index (χ0) is 8.58. The van der Waals surface area contributed by atoms with E-state index < -0.39 is 18.5 Å². The van der Waals surface area contributed by atoms with Gasteiger partial charge >= 0.3 is 6.18 Å². The van der Waals surface area contributed by atoms with Crippen molar-refractivity contribution in [2.75, 3.05) is 0 Å². The average Bonchev–Trinajstić information content (AvgIpc) is 1.59. The van der Waals surface area contributed by atoms with Crippen LogP contribution in [-0.4, -0.2) is 26.9 Å². The van der Waals surface area contributed by atoms with Crippen molar-refractivity contribution in [3.05, 3.63) is 0 Å². The van der Waals surface area contributed by atoms with Gasteiger partial charge in [0.1, 0.15) is 0 Å². The highest BCUT2D eigenvalue weighted by Gasteiger charge is 2.46. The first-order valence-electron chi connectivity index (χ1n) is 1.95. The molecule has 0 amide bonds. The summed E-state index contributed by atoms with van der Waals surface area (Å²) in [7, 11) is 0. The number of aliphatic hydroxyl groups is 1. The molecule has 3 N–H and O–H groups in total. The summed E-state index contributed by atoms with van der Waals surface area (Å²) < 4.78 is 34.0. The first-order valence-corrected chi connectivity index (χ1v) is 4.73. The van der Waals surface area contributed by atoms with Crippen LogP contribution >= 0.6 is 6.49 Å². The molecule has 0 heterocycles. The molecule has 0 rings (SSSR count). The van der Waals surface area contributed by atoms with E-state index in [4.69, 9.17) is 14.9 Å². The number of hydrogen-bond donors (Lipinski definition) is 3. The predicted octanol–water partition coefficient (Wildman–Crippen LogP) is 0.161. The molecule has 0 aliphatic rings. The van der Waals surface area contributed by atoms with E-state index in [0.717, 1.165) is 0 Å². The minimum absolute atomic E-state index is 3.20. The number of halogens is 3. The Kier molecular flexibility index (Phi) is 2.84. The molecule has 0 aliphatic carbocycles. The highest BCUT2D eigenvalue weighted by molar-refractivity contribution is 8.09. The van der Waals surface area contributed by atoms with Crippen molar-refractivity contribution in [3.8, 4) is 0 Å². The van der Waals surface area contributed by atoms with Crippen LogP contribution in [0, 0.1) is 0 Å². The average molecular weight is 196 g/mol. The molecule has 0 unspecified atom stereocenters. The molecule has 10 heavy (non-hydrogen) atoms. The van der Waals surface area contributed by atoms with Gasteiger partial charge in [0.25, 0.3) is 0 Å². The lowest BCUT2D eigenvalue weighted by molar-refractivity contribution is -0.179. The minimum atomic E-state index is -5.06. The van der Waals surface area contributed by atoms with E-state index >= 15 is 0 Å². The maximum absolute atomic E-state index is 11.3. The maximum atomic E-state index is 11.3. The first kappa shape index (κ1) is 10.3. The van der Waals surface area contributed by atoms with E-state index in [0.29, 0.717) is 0 Å². The standard InChI is InChI=1S/C2H4F3O3PS/c3-2(4,5)1(6)9(7,8)10/h1,6H,(H2,7,8,10)/t1-/m1/s1. The van der Waals surface area contributed by atoms with Crippen molar-refractivity contribution < 1.29 is 28.1 Å². The summed E-state index contributed by atoms with van der Waals surface area (Å²) in [5, 5.41) is 8.04. The summed E-state index contributed by atoms with van der Waals surface area (Å²) >= 11 is 3.61. The van der Waals surface area contributed by atoms with E-state index in [1.54, 1.807) is 0 Å². The second kappa shape index (κ2) is 2.75. The molecule has 0 aromatic heterocycles. The van der Waals surface area contributed by atoms with Crippen LogP contribution in [0.3, 0.4) is 0 Å². The molecule has 0 spiro atoms. The minimum Gasteiger partial charge on any atom is -0.375 e. The number of hydrogen-bond acceptors (Lipinski definition) is 2. The van der Waals surface area contributed by atoms with Gasteiger partial charge in [-0.3, -0.25) is 0 Å². The SMILES string of the molecule is O[C@@H](C(F)(F)F)P(O)(O)=S. The predicted molar refractivity (Wildman–Crippen MR) is 30.8 cm³/mol. The Morgan fingerprint density at radius 1 is 1.30 bits per heavy atom. The van der Waals surface area contributed by atoms with Gasteiger partial charge in [0.05, 0.1) is 0 Å². The van der Waals surface area contributed by atoms with Gasteiger partial charge in [0.15, 0.2) is 0 Å². The fraction of sp³-hybridized carbons (Fsp3) is 1.00. The largest absolute Gasteiger partial charge is 0.423 e. The van der Waals surface area contributed by atoms with E-state index in [1.165, 1.54) is 0 Å². The van der Waals surface area contributed by atoms with Crippen molar-refractivity contribution in [1.29, 1.82) is 0 Å². The van der Waals surface area contributed by atoms with Gasteiger partial charge in [0, 0.05) is 0 Å². The normalized spacial score (nSPS) is 17.0. The quantitative estimate of drug-likeness (QED) is 0.523. The van der Waals surface area contributed by atoms with Crippen LogP contribution < -0.4 is 0 Å². The Balaban J connectivity index is 4.39. The zero-order valence-electron chi connectivity index (χ0n) is 4.41. The van der Waals surface area contributed by atoms with Gasteiger partial charge in [-0.25, -0.2) is 0 Å². The van der Waals surface area contributed by atoms with Gasteiger partial charge < -0.3 is 14.9 Å². The van der Waals surface area contributed by atoms with Crippen molar-refractivity contribution in [1.82, 2.24) is 0 Å². The third kappa shape index (κ3) is 2.94. The summed E-state index contributed by atoms with van der Waals surface area (Å²) in [6.45, 7) is -4.61. The van der Waals surface area contributed by atoms with Crippen LogP contribution in [0.5, 0.6) is 0 Å². The van der Waals surface area contributed by atoms with Crippen molar-refractivity contribution in [2.45, 2.75) is 12.0 Å². The molecule has 0 bridgehead atoms. The van der Waals surface area contributed by atoms with Crippen molar-refractivity contribution in [3.63, 3.8) is 0 Å². The van der Waals surface area contributed by atoms with Crippen LogP contribution in [0.4, 0.5) is 13.2 Å². The number of aliphatic hydroxyl groups excluding tert-OH is 1. The molecule has 0 aromatic carbocycles. The lowest BCUT2D eigenvalue weighted by Gasteiger charge is -2.17. The summed E-state index contributed by atoms with van der Waals surface area (Å²) in [6, 6.07) is 0. The Morgan fingerprint density at radius 2 is 1.60 bits per heavy atom. The van der Waals surface area contributed by atoms with E-state index in [1.807, 2.05) is 0 Å². The van der Waals surface area contributed by atoms with Crippen molar-refractivity contribution in [2.24, 2.45) is 0 Å². The summed E-state index contributed by atoms with van der Waals surface area (Å²) in [5.41, 5.74) is 0. The maximum Gasteiger partial charge on any atom is 0.423 e. The van der Waals surface area contributed by atoms with Gasteiger partial charge in [-0.2, -0.15) is 13.2 Å². The monoisotopic (exact) mass is 196 g/mol. The lowest BCUT2D eigenvalue weighted by Crippen LogP contribution is -2.27. The van der Waals surface area contributed by atoms with Crippen molar-refractivity contribution >= 4 is 18.3 Å². The number of rotatable bonds is 1. The molecular formula is C2H4F3O3PS. The second-order valence-electron chi connectivity index (χ2n) is 1.50. The Hall–Kier alpha value is 0.320. The molecule has 0 aliphatic heterocycles. The molecule has 0 saturated carbocycles. The fourth-order valence-corrected chi connectivity index (χ4v) is 0.931. The highest BCUT2D eigenvalue weighted by atomic mass is 32.5. The smallest absolute Gasteiger partial charge is 0.375 e. The Bertz CT molecular complexity index is 162. The summed E-state index contributed by atoms with van der Waals surface area (Å²) in [4.78, 5) is 16.3. The zero-order valence-corrected chi connectivity index (χ0v) is 6.12. The molecule has 0 aromatic rings. The first-order chi connectivity index (χ1) is 4.15. The molecule has 0 radical (unpaired) electrons. The van der Waals surface area contributed by atoms with E-state index in [2.05, 4.69) is 11.8 Å². The summed E-state index contributed by atoms with van der Waals surface area (Å²) in [6.07, 6.45) is -5.06. The molecule has 0 saturated heterocycles. The van der Waals surface area contributed by atoms with Gasteiger partial charge in [0.2, 0.25) is 12.3 Å². The second-order valence-corrected chi connectivity index (χ2v) is 4.78. The Labute approximate surface area is 59.3 Å². The fourth-order valence-electron chi connectivity index (χ4n) is 0.191. The van der Waals surface area contributed by atoms with Crippen LogP contribution in [0.1, 0.15) is 0 Å². The van der Waals surface area contributed by atoms with Crippen LogP contribution in [0.2, 0.25) is 0 Å². The van der Waals surface area contributed by atoms with E-state index in [-0.39, 0.29) is 0 Å². The third-order valence-electron chi connectivity index (χ3n) is 0.611. The van der Waals surface area contributed by atoms with Gasteiger partial charge in [-0.1, -0.05) is 0 Å². The van der Waals surface area contributed by atoms with Crippen LogP contribution in [-0.2, 0) is 11.8 Å². The van der Waals surface area contributed by atoms with E-state index in [9.17, 15) is 13.2 Å². The van der Waals surface area contributed by atoms with Crippen LogP contribution in [0.25, 0.3) is 0 Å². The summed E-state index contributed by atoms with van der Waals surface area (Å²) in [5.74, 6) is -3.20. The molecular weight excluding hydrogens is 192 g/mol. The van der Waals surface area contributed by atoms with Crippen LogP contribution in [0.15, 0.2) is 0 Å². The topological polar surface area (TPSA) is 60.7 Å². The number of alkyl halides is 3. The lowest BCUT2D eigenvalue weighted by atomic mass is 10.7. The molecule has 0 fully saturated rings. The Morgan fingerprint density at radius 3 is 1.60 bits per heavy atom. The molecule has 1 atom stereocenters.